The Morgan fingerprint density at radius 2 is 2.12 bits per heavy atom. The van der Waals surface area contributed by atoms with Crippen LogP contribution in [0.25, 0.3) is 0 Å². The Balaban J connectivity index is 1.76. The van der Waals surface area contributed by atoms with Crippen LogP contribution in [0.3, 0.4) is 0 Å². The maximum atomic E-state index is 12.2. The van der Waals surface area contributed by atoms with E-state index in [4.69, 9.17) is 17.0 Å². The monoisotopic (exact) mass is 386 g/mol. The van der Waals surface area contributed by atoms with Crippen molar-refractivity contribution in [1.29, 1.82) is 0 Å². The van der Waals surface area contributed by atoms with Crippen molar-refractivity contribution in [3.8, 4) is 5.19 Å². The van der Waals surface area contributed by atoms with Gasteiger partial charge in [-0.25, -0.2) is 4.68 Å². The lowest BCUT2D eigenvalue weighted by atomic mass is 9.96. The summed E-state index contributed by atoms with van der Waals surface area (Å²) in [5.74, 6) is 0.356. The molecule has 2 heterocycles. The fraction of sp³-hybridized carbons (Fsp3) is 0.824. The third-order valence-corrected chi connectivity index (χ3v) is 5.49. The molecular weight excluding hydrogens is 356 g/mol. The van der Waals surface area contributed by atoms with Crippen molar-refractivity contribution in [2.45, 2.75) is 65.6 Å². The van der Waals surface area contributed by atoms with Gasteiger partial charge in [0.2, 0.25) is 5.91 Å². The molecule has 0 saturated carbocycles. The van der Waals surface area contributed by atoms with Gasteiger partial charge in [0.05, 0.1) is 12.8 Å². The molecule has 0 unspecified atom stereocenters. The van der Waals surface area contributed by atoms with Crippen LogP contribution in [0, 0.1) is 9.87 Å². The Morgan fingerprint density at radius 1 is 1.40 bits per heavy atom. The number of carbonyl (C=O) groups excluding carboxylic acids is 1. The Bertz CT molecular complexity index is 592. The van der Waals surface area contributed by atoms with Gasteiger partial charge in [-0.3, -0.25) is 9.69 Å². The number of hydrogen-bond donors (Lipinski definition) is 1. The first-order valence-corrected chi connectivity index (χ1v) is 10.5. The summed E-state index contributed by atoms with van der Waals surface area (Å²) in [6.07, 6.45) is 5.32. The molecule has 25 heavy (non-hydrogen) atoms. The Morgan fingerprint density at radius 3 is 2.76 bits per heavy atom. The standard InChI is InChI=1S/C17H30N4O2S2/c1-4-5-6-9-18-15(22)14-7-10-20(11-8-14)12-21-17(24)25-16(19-21)23-13(2)3/h13-14H,4-12H2,1-3H3,(H,18,22). The van der Waals surface area contributed by atoms with Gasteiger partial charge < -0.3 is 10.1 Å². The second kappa shape index (κ2) is 10.2. The molecule has 1 fully saturated rings. The van der Waals surface area contributed by atoms with Crippen molar-refractivity contribution in [2.24, 2.45) is 5.92 Å². The number of unbranched alkanes of at least 4 members (excludes halogenated alkanes) is 2. The highest BCUT2D eigenvalue weighted by molar-refractivity contribution is 7.73. The Hall–Kier alpha value is -0.990. The molecule has 0 atom stereocenters. The van der Waals surface area contributed by atoms with Gasteiger partial charge in [0.25, 0.3) is 5.19 Å². The summed E-state index contributed by atoms with van der Waals surface area (Å²) in [4.78, 5) is 14.5. The fourth-order valence-electron chi connectivity index (χ4n) is 2.88. The van der Waals surface area contributed by atoms with E-state index in [1.807, 2.05) is 18.5 Å². The van der Waals surface area contributed by atoms with Gasteiger partial charge in [0.1, 0.15) is 0 Å². The summed E-state index contributed by atoms with van der Waals surface area (Å²) < 4.78 is 8.17. The van der Waals surface area contributed by atoms with Crippen molar-refractivity contribution in [3.63, 3.8) is 0 Å². The minimum Gasteiger partial charge on any atom is -0.466 e. The van der Waals surface area contributed by atoms with Crippen LogP contribution in [0.2, 0.25) is 0 Å². The average molecular weight is 387 g/mol. The van der Waals surface area contributed by atoms with E-state index in [0.717, 1.165) is 42.9 Å². The zero-order valence-corrected chi connectivity index (χ0v) is 17.1. The van der Waals surface area contributed by atoms with Crippen molar-refractivity contribution >= 4 is 29.5 Å². The van der Waals surface area contributed by atoms with Gasteiger partial charge in [-0.2, -0.15) is 0 Å². The minimum atomic E-state index is 0.0978. The van der Waals surface area contributed by atoms with Gasteiger partial charge in [0.15, 0.2) is 3.95 Å². The third kappa shape index (κ3) is 6.67. The van der Waals surface area contributed by atoms with E-state index in [2.05, 4.69) is 22.2 Å². The van der Waals surface area contributed by atoms with Crippen LogP contribution in [0.4, 0.5) is 0 Å². The van der Waals surface area contributed by atoms with Crippen molar-refractivity contribution in [2.75, 3.05) is 19.6 Å². The van der Waals surface area contributed by atoms with E-state index in [0.29, 0.717) is 11.9 Å². The van der Waals surface area contributed by atoms with E-state index in [1.54, 1.807) is 0 Å². The molecule has 1 aromatic rings. The molecule has 8 heteroatoms. The summed E-state index contributed by atoms with van der Waals surface area (Å²) >= 11 is 6.78. The highest BCUT2D eigenvalue weighted by Crippen LogP contribution is 2.21. The molecule has 0 radical (unpaired) electrons. The molecule has 1 N–H and O–H groups in total. The summed E-state index contributed by atoms with van der Waals surface area (Å²) in [6, 6.07) is 0. The number of likely N-dealkylation sites (tertiary alicyclic amines) is 1. The lowest BCUT2D eigenvalue weighted by molar-refractivity contribution is -0.126. The molecule has 0 aliphatic carbocycles. The first-order chi connectivity index (χ1) is 12.0. The predicted octanol–water partition coefficient (Wildman–Crippen LogP) is 3.44. The SMILES string of the molecule is CCCCCNC(=O)C1CCN(Cn2nc(OC(C)C)sc2=S)CC1. The molecule has 1 aliphatic heterocycles. The van der Waals surface area contributed by atoms with Crippen LogP contribution in [0.15, 0.2) is 0 Å². The molecule has 1 aromatic heterocycles. The molecule has 1 amide bonds. The van der Waals surface area contributed by atoms with Gasteiger partial charge in [-0.1, -0.05) is 19.8 Å². The molecule has 0 bridgehead atoms. The molecule has 0 aromatic carbocycles. The number of nitrogens with one attached hydrogen (secondary N) is 1. The number of aromatic nitrogens is 2. The highest BCUT2D eigenvalue weighted by Gasteiger charge is 2.25. The third-order valence-electron chi connectivity index (χ3n) is 4.30. The van der Waals surface area contributed by atoms with E-state index < -0.39 is 0 Å². The zero-order chi connectivity index (χ0) is 18.2. The van der Waals surface area contributed by atoms with Crippen LogP contribution in [-0.4, -0.2) is 46.3 Å². The lowest BCUT2D eigenvalue weighted by Gasteiger charge is -2.30. The summed E-state index contributed by atoms with van der Waals surface area (Å²) in [7, 11) is 0. The maximum Gasteiger partial charge on any atom is 0.293 e. The number of rotatable bonds is 9. The number of piperidine rings is 1. The zero-order valence-electron chi connectivity index (χ0n) is 15.5. The van der Waals surface area contributed by atoms with Gasteiger partial charge in [0, 0.05) is 25.6 Å². The van der Waals surface area contributed by atoms with Crippen molar-refractivity contribution in [1.82, 2.24) is 20.0 Å². The van der Waals surface area contributed by atoms with E-state index in [1.165, 1.54) is 24.2 Å². The first-order valence-electron chi connectivity index (χ1n) is 9.24. The van der Waals surface area contributed by atoms with Gasteiger partial charge in [-0.05, 0) is 56.7 Å². The van der Waals surface area contributed by atoms with E-state index in [9.17, 15) is 4.79 Å². The summed E-state index contributed by atoms with van der Waals surface area (Å²) in [5, 5.41) is 8.15. The quantitative estimate of drug-likeness (QED) is 0.520. The number of amides is 1. The van der Waals surface area contributed by atoms with E-state index >= 15 is 0 Å². The fourth-order valence-corrected chi connectivity index (χ4v) is 3.93. The molecule has 6 nitrogen and oxygen atoms in total. The Labute approximate surface area is 159 Å². The van der Waals surface area contributed by atoms with Gasteiger partial charge in [-0.15, -0.1) is 5.10 Å². The van der Waals surface area contributed by atoms with Crippen molar-refractivity contribution in [3.05, 3.63) is 3.95 Å². The van der Waals surface area contributed by atoms with Gasteiger partial charge >= 0.3 is 0 Å². The molecule has 1 saturated heterocycles. The van der Waals surface area contributed by atoms with Crippen LogP contribution >= 0.6 is 23.6 Å². The lowest BCUT2D eigenvalue weighted by Crippen LogP contribution is -2.41. The maximum absolute atomic E-state index is 12.2. The second-order valence-electron chi connectivity index (χ2n) is 6.83. The smallest absolute Gasteiger partial charge is 0.293 e. The number of ether oxygens (including phenoxy) is 1. The number of carbonyl (C=O) groups is 1. The van der Waals surface area contributed by atoms with Crippen LogP contribution in [0.1, 0.15) is 52.9 Å². The first kappa shape index (κ1) is 20.3. The van der Waals surface area contributed by atoms with Crippen LogP contribution in [0.5, 0.6) is 5.19 Å². The largest absolute Gasteiger partial charge is 0.466 e. The molecular formula is C17H30N4O2S2. The molecule has 0 spiro atoms. The topological polar surface area (TPSA) is 59.4 Å². The normalized spacial score (nSPS) is 16.3. The molecule has 1 aliphatic rings. The molecule has 2 rings (SSSR count). The van der Waals surface area contributed by atoms with E-state index in [-0.39, 0.29) is 17.9 Å². The second-order valence-corrected chi connectivity index (χ2v) is 8.42. The van der Waals surface area contributed by atoms with Crippen LogP contribution < -0.4 is 10.1 Å². The Kier molecular flexibility index (Phi) is 8.32. The minimum absolute atomic E-state index is 0.0978. The summed E-state index contributed by atoms with van der Waals surface area (Å²) in [6.45, 7) is 9.39. The molecule has 142 valence electrons. The van der Waals surface area contributed by atoms with Crippen LogP contribution in [-0.2, 0) is 11.5 Å². The predicted molar refractivity (Wildman–Crippen MR) is 104 cm³/mol. The number of nitrogens with zero attached hydrogens (tertiary/aromatic N) is 3. The summed E-state index contributed by atoms with van der Waals surface area (Å²) in [5.41, 5.74) is 0. The highest BCUT2D eigenvalue weighted by atomic mass is 32.1. The number of hydrogen-bond acceptors (Lipinski definition) is 6. The van der Waals surface area contributed by atoms with Crippen molar-refractivity contribution < 1.29 is 9.53 Å². The average Bonchev–Trinajstić information content (AvgIpc) is 2.90.